The van der Waals surface area contributed by atoms with Gasteiger partial charge in [0, 0.05) is 12.5 Å². The van der Waals surface area contributed by atoms with Crippen LogP contribution in [0, 0.1) is 17.8 Å². The standard InChI is InChI=1S/C16H30N2/c1-2-13-8-10-14(11-9-13)12-18-16(17)15-6-4-3-5-7-15/h13-15H,2-12H2,1H3,(H2,17,18). The van der Waals surface area contributed by atoms with E-state index in [2.05, 4.69) is 6.92 Å². The maximum Gasteiger partial charge on any atom is 0.0968 e. The summed E-state index contributed by atoms with van der Waals surface area (Å²) in [5.74, 6) is 3.37. The smallest absolute Gasteiger partial charge is 0.0968 e. The molecule has 2 nitrogen and oxygen atoms in total. The molecule has 0 unspecified atom stereocenters. The molecule has 0 radical (unpaired) electrons. The van der Waals surface area contributed by atoms with Crippen molar-refractivity contribution in [1.29, 1.82) is 0 Å². The van der Waals surface area contributed by atoms with E-state index < -0.39 is 0 Å². The minimum atomic E-state index is 0.603. The van der Waals surface area contributed by atoms with Crippen LogP contribution in [0.25, 0.3) is 0 Å². The van der Waals surface area contributed by atoms with Gasteiger partial charge in [-0.1, -0.05) is 45.4 Å². The van der Waals surface area contributed by atoms with E-state index in [9.17, 15) is 0 Å². The van der Waals surface area contributed by atoms with Crippen LogP contribution >= 0.6 is 0 Å². The average molecular weight is 250 g/mol. The van der Waals surface area contributed by atoms with Crippen molar-refractivity contribution in [1.82, 2.24) is 0 Å². The molecule has 2 aliphatic carbocycles. The first-order valence-corrected chi connectivity index (χ1v) is 8.09. The second-order valence-corrected chi connectivity index (χ2v) is 6.40. The van der Waals surface area contributed by atoms with Gasteiger partial charge < -0.3 is 5.73 Å². The fourth-order valence-corrected chi connectivity index (χ4v) is 3.58. The lowest BCUT2D eigenvalue weighted by Crippen LogP contribution is -2.27. The predicted molar refractivity (Wildman–Crippen MR) is 78.8 cm³/mol. The monoisotopic (exact) mass is 250 g/mol. The number of hydrogen-bond donors (Lipinski definition) is 1. The Morgan fingerprint density at radius 1 is 0.944 bits per heavy atom. The fraction of sp³-hybridized carbons (Fsp3) is 0.938. The minimum absolute atomic E-state index is 0.603. The molecule has 0 aromatic carbocycles. The van der Waals surface area contributed by atoms with Gasteiger partial charge >= 0.3 is 0 Å². The molecule has 2 heteroatoms. The van der Waals surface area contributed by atoms with Gasteiger partial charge in [0.25, 0.3) is 0 Å². The van der Waals surface area contributed by atoms with Crippen molar-refractivity contribution in [2.75, 3.05) is 6.54 Å². The van der Waals surface area contributed by atoms with Gasteiger partial charge in [0.2, 0.25) is 0 Å². The van der Waals surface area contributed by atoms with Gasteiger partial charge in [0.1, 0.15) is 0 Å². The largest absolute Gasteiger partial charge is 0.387 e. The predicted octanol–water partition coefficient (Wildman–Crippen LogP) is 4.14. The van der Waals surface area contributed by atoms with Gasteiger partial charge in [-0.05, 0) is 37.5 Å². The Kier molecular flexibility index (Phi) is 5.52. The summed E-state index contributed by atoms with van der Waals surface area (Å²) in [6, 6.07) is 0. The lowest BCUT2D eigenvalue weighted by Gasteiger charge is -2.27. The Hall–Kier alpha value is -0.530. The summed E-state index contributed by atoms with van der Waals surface area (Å²) in [6.07, 6.45) is 13.6. The zero-order valence-electron chi connectivity index (χ0n) is 12.0. The molecule has 104 valence electrons. The van der Waals surface area contributed by atoms with Crippen LogP contribution in [0.5, 0.6) is 0 Å². The maximum absolute atomic E-state index is 6.17. The molecule has 0 aromatic heterocycles. The first-order chi connectivity index (χ1) is 8.79. The molecule has 0 spiro atoms. The molecule has 18 heavy (non-hydrogen) atoms. The lowest BCUT2D eigenvalue weighted by atomic mass is 9.81. The summed E-state index contributed by atoms with van der Waals surface area (Å²) < 4.78 is 0. The average Bonchev–Trinajstić information content (AvgIpc) is 2.46. The van der Waals surface area contributed by atoms with Crippen LogP contribution in [0.4, 0.5) is 0 Å². The maximum atomic E-state index is 6.17. The summed E-state index contributed by atoms with van der Waals surface area (Å²) in [5.41, 5.74) is 6.17. The number of aliphatic imine (C=N–C) groups is 1. The van der Waals surface area contributed by atoms with E-state index in [0.717, 1.165) is 24.2 Å². The van der Waals surface area contributed by atoms with E-state index in [1.807, 2.05) is 0 Å². The molecule has 0 heterocycles. The Bertz CT molecular complexity index is 258. The highest BCUT2D eigenvalue weighted by molar-refractivity contribution is 5.82. The molecular weight excluding hydrogens is 220 g/mol. The summed E-state index contributed by atoms with van der Waals surface area (Å²) in [4.78, 5) is 4.72. The molecule has 2 rings (SSSR count). The number of amidine groups is 1. The second kappa shape index (κ2) is 7.16. The van der Waals surface area contributed by atoms with E-state index in [1.54, 1.807) is 0 Å². The third-order valence-corrected chi connectivity index (χ3v) is 5.10. The molecule has 2 aliphatic rings. The van der Waals surface area contributed by atoms with Gasteiger partial charge in [-0.25, -0.2) is 0 Å². The molecule has 0 saturated heterocycles. The van der Waals surface area contributed by atoms with Crippen LogP contribution in [0.2, 0.25) is 0 Å². The van der Waals surface area contributed by atoms with Crippen LogP contribution in [0.1, 0.15) is 71.1 Å². The van der Waals surface area contributed by atoms with Gasteiger partial charge in [-0.3, -0.25) is 4.99 Å². The second-order valence-electron chi connectivity index (χ2n) is 6.40. The van der Waals surface area contributed by atoms with Crippen molar-refractivity contribution in [2.24, 2.45) is 28.5 Å². The topological polar surface area (TPSA) is 38.4 Å². The van der Waals surface area contributed by atoms with Crippen molar-refractivity contribution in [3.63, 3.8) is 0 Å². The molecule has 0 bridgehead atoms. The minimum Gasteiger partial charge on any atom is -0.387 e. The number of rotatable bonds is 4. The molecule has 0 aliphatic heterocycles. The van der Waals surface area contributed by atoms with E-state index >= 15 is 0 Å². The Balaban J connectivity index is 1.72. The van der Waals surface area contributed by atoms with E-state index in [0.29, 0.717) is 5.92 Å². The summed E-state index contributed by atoms with van der Waals surface area (Å²) in [5, 5.41) is 0. The molecule has 2 saturated carbocycles. The van der Waals surface area contributed by atoms with Crippen molar-refractivity contribution in [2.45, 2.75) is 71.1 Å². The molecular formula is C16H30N2. The summed E-state index contributed by atoms with van der Waals surface area (Å²) >= 11 is 0. The van der Waals surface area contributed by atoms with Crippen molar-refractivity contribution < 1.29 is 0 Å². The van der Waals surface area contributed by atoms with Crippen LogP contribution in [0.15, 0.2) is 4.99 Å². The molecule has 2 fully saturated rings. The molecule has 0 amide bonds. The van der Waals surface area contributed by atoms with Crippen molar-refractivity contribution in [3.8, 4) is 0 Å². The number of nitrogens with two attached hydrogens (primary N) is 1. The van der Waals surface area contributed by atoms with Crippen LogP contribution in [0.3, 0.4) is 0 Å². The summed E-state index contributed by atoms with van der Waals surface area (Å²) in [6.45, 7) is 3.32. The third kappa shape index (κ3) is 4.00. The zero-order chi connectivity index (χ0) is 12.8. The van der Waals surface area contributed by atoms with Crippen LogP contribution < -0.4 is 5.73 Å². The van der Waals surface area contributed by atoms with Gasteiger partial charge in [0.05, 0.1) is 5.84 Å². The highest BCUT2D eigenvalue weighted by atomic mass is 14.9. The highest BCUT2D eigenvalue weighted by Gasteiger charge is 2.21. The normalized spacial score (nSPS) is 31.5. The Morgan fingerprint density at radius 2 is 1.56 bits per heavy atom. The zero-order valence-corrected chi connectivity index (χ0v) is 12.0. The Morgan fingerprint density at radius 3 is 2.17 bits per heavy atom. The quantitative estimate of drug-likeness (QED) is 0.591. The van der Waals surface area contributed by atoms with Crippen molar-refractivity contribution in [3.05, 3.63) is 0 Å². The van der Waals surface area contributed by atoms with E-state index in [-0.39, 0.29) is 0 Å². The first kappa shape index (κ1) is 13.9. The SMILES string of the molecule is CCC1CCC(CN=C(N)C2CCCCC2)CC1. The molecule has 2 N–H and O–H groups in total. The highest BCUT2D eigenvalue weighted by Crippen LogP contribution is 2.31. The number of hydrogen-bond acceptors (Lipinski definition) is 1. The van der Waals surface area contributed by atoms with Gasteiger partial charge in [-0.2, -0.15) is 0 Å². The van der Waals surface area contributed by atoms with E-state index in [4.69, 9.17) is 10.7 Å². The first-order valence-electron chi connectivity index (χ1n) is 8.09. The fourth-order valence-electron chi connectivity index (χ4n) is 3.58. The van der Waals surface area contributed by atoms with Crippen molar-refractivity contribution >= 4 is 5.84 Å². The van der Waals surface area contributed by atoms with Crippen LogP contribution in [-0.2, 0) is 0 Å². The molecule has 0 atom stereocenters. The van der Waals surface area contributed by atoms with Gasteiger partial charge in [0.15, 0.2) is 0 Å². The molecule has 0 aromatic rings. The van der Waals surface area contributed by atoms with E-state index in [1.165, 1.54) is 64.2 Å². The Labute approximate surface area is 112 Å². The number of nitrogens with zero attached hydrogens (tertiary/aromatic N) is 1. The third-order valence-electron chi connectivity index (χ3n) is 5.10. The van der Waals surface area contributed by atoms with Crippen LogP contribution in [-0.4, -0.2) is 12.4 Å². The van der Waals surface area contributed by atoms with Gasteiger partial charge in [-0.15, -0.1) is 0 Å². The lowest BCUT2D eigenvalue weighted by molar-refractivity contribution is 0.274. The summed E-state index contributed by atoms with van der Waals surface area (Å²) in [7, 11) is 0.